The van der Waals surface area contributed by atoms with Gasteiger partial charge in [0.05, 0.1) is 0 Å². The lowest BCUT2D eigenvalue weighted by Crippen LogP contribution is -2.65. The van der Waals surface area contributed by atoms with E-state index in [4.69, 9.17) is 23.1 Å². The summed E-state index contributed by atoms with van der Waals surface area (Å²) in [5, 5.41) is 27.4. The molecule has 298 valence electrons. The molecule has 0 radical (unpaired) electrons. The van der Waals surface area contributed by atoms with Gasteiger partial charge < -0.3 is 53.5 Å². The van der Waals surface area contributed by atoms with Crippen molar-refractivity contribution in [2.75, 3.05) is 6.54 Å². The number of aromatic nitrogens is 1. The summed E-state index contributed by atoms with van der Waals surface area (Å²) in [6.45, 7) is 10.5. The number of aromatic amines is 1. The maximum Gasteiger partial charge on any atom is 0.248 e. The predicted octanol–water partition coefficient (Wildman–Crippen LogP) is -0.771. The molecule has 7 atom stereocenters. The highest BCUT2D eigenvalue weighted by Crippen LogP contribution is 2.24. The average molecular weight is 776 g/mol. The number of fused-ring (bicyclic) bond motifs is 1. The number of hydrogen-bond donors (Lipinski definition) is 10. The molecule has 1 aromatic carbocycles. The summed E-state index contributed by atoms with van der Waals surface area (Å²) < 4.78 is 0. The van der Waals surface area contributed by atoms with Gasteiger partial charge in [-0.1, -0.05) is 53.1 Å². The van der Waals surface area contributed by atoms with Crippen molar-refractivity contribution in [2.45, 2.75) is 110 Å². The third kappa shape index (κ3) is 11.6. The molecule has 1 aromatic heterocycles. The van der Waals surface area contributed by atoms with E-state index < -0.39 is 95.5 Å². The number of benzene rings is 1. The van der Waals surface area contributed by atoms with Crippen LogP contribution in [0.2, 0.25) is 5.02 Å². The molecule has 3 rings (SSSR count). The number of halogens is 1. The molecule has 7 amide bonds. The molecular weight excluding hydrogens is 722 g/mol. The van der Waals surface area contributed by atoms with E-state index in [1.165, 1.54) is 0 Å². The number of carbonyl (C=O) groups excluding carboxylic acids is 7. The topological polar surface area (TPSA) is 280 Å². The van der Waals surface area contributed by atoms with E-state index in [1.54, 1.807) is 52.1 Å². The first-order chi connectivity index (χ1) is 25.3. The number of aliphatic hydroxyl groups excluding tert-OH is 1. The number of primary amides is 1. The van der Waals surface area contributed by atoms with E-state index >= 15 is 0 Å². The van der Waals surface area contributed by atoms with Gasteiger partial charge in [0.2, 0.25) is 41.4 Å². The lowest BCUT2D eigenvalue weighted by atomic mass is 9.97. The van der Waals surface area contributed by atoms with Crippen LogP contribution in [0.3, 0.4) is 0 Å². The first kappa shape index (κ1) is 43.7. The summed E-state index contributed by atoms with van der Waals surface area (Å²) in [7, 11) is 0. The van der Waals surface area contributed by atoms with Crippen LogP contribution in [0.5, 0.6) is 0 Å². The van der Waals surface area contributed by atoms with Crippen LogP contribution in [0.25, 0.3) is 10.9 Å². The van der Waals surface area contributed by atoms with Gasteiger partial charge in [-0.2, -0.15) is 0 Å². The molecule has 1 saturated heterocycles. The summed E-state index contributed by atoms with van der Waals surface area (Å²) in [5.74, 6) is -7.48. The molecule has 12 N–H and O–H groups in total. The lowest BCUT2D eigenvalue weighted by molar-refractivity contribution is -0.141. The molecule has 0 spiro atoms. The summed E-state index contributed by atoms with van der Waals surface area (Å²) >= 11 is 6.25. The molecule has 1 aliphatic heterocycles. The Kier molecular flexibility index (Phi) is 15.8. The molecule has 2 heterocycles. The van der Waals surface area contributed by atoms with Crippen molar-refractivity contribution in [3.05, 3.63) is 35.0 Å². The number of H-pyrrole nitrogens is 1. The van der Waals surface area contributed by atoms with Crippen LogP contribution in [0.4, 0.5) is 0 Å². The Morgan fingerprint density at radius 2 is 1.24 bits per heavy atom. The van der Waals surface area contributed by atoms with Crippen LogP contribution in [0, 0.1) is 17.8 Å². The Bertz CT molecular complexity index is 1700. The standard InChI is InChI=1S/C36H54ClN9O8/c1-16(2)12-24-32(50)44-26(17(3)4)34(52)41-23(8-7-11-38)31(49)46-28(29(47)30(39)48)36(54)43-25(33(51)45-27(18(5)6)35(53)42-24)13-19-15-40-22-10-9-20(37)14-21(19)22/h9-10,14-18,23-29,40,47H,7-8,11-13,38H2,1-6H3,(H2,39,48)(H,41,52)(H,42,53)(H,43,54)(H,44,50)(H,45,51)(H,46,49). The average Bonchev–Trinajstić information content (AvgIpc) is 3.48. The SMILES string of the molecule is CC(C)CC1NC(=O)C(C(C)C)NC(=O)C(Cc2c[nH]c3ccc(Cl)cc23)NC(=O)C(C(O)C(N)=O)NC(=O)C(CCCN)NC(=O)C(C(C)C)NC1=O. The summed E-state index contributed by atoms with van der Waals surface area (Å²) in [5.41, 5.74) is 12.3. The van der Waals surface area contributed by atoms with Crippen LogP contribution in [0.1, 0.15) is 66.4 Å². The van der Waals surface area contributed by atoms with Crippen molar-refractivity contribution < 1.29 is 38.7 Å². The second kappa shape index (κ2) is 19.5. The first-order valence-electron chi connectivity index (χ1n) is 18.1. The molecule has 54 heavy (non-hydrogen) atoms. The Hall–Kier alpha value is -4.74. The second-order valence-electron chi connectivity index (χ2n) is 14.7. The molecule has 0 bridgehead atoms. The van der Waals surface area contributed by atoms with E-state index in [0.717, 1.165) is 0 Å². The minimum atomic E-state index is -2.27. The van der Waals surface area contributed by atoms with E-state index in [1.807, 2.05) is 13.8 Å². The maximum atomic E-state index is 14.1. The fourth-order valence-corrected chi connectivity index (χ4v) is 6.28. The molecule has 2 aromatic rings. The lowest BCUT2D eigenvalue weighted by Gasteiger charge is -2.31. The van der Waals surface area contributed by atoms with Gasteiger partial charge in [-0.05, 0) is 67.3 Å². The molecule has 0 saturated carbocycles. The van der Waals surface area contributed by atoms with Gasteiger partial charge in [0.1, 0.15) is 36.3 Å². The second-order valence-corrected chi connectivity index (χ2v) is 15.2. The van der Waals surface area contributed by atoms with Gasteiger partial charge in [-0.3, -0.25) is 33.6 Å². The van der Waals surface area contributed by atoms with E-state index in [9.17, 15) is 38.7 Å². The van der Waals surface area contributed by atoms with Crippen molar-refractivity contribution in [3.8, 4) is 0 Å². The zero-order valence-electron chi connectivity index (χ0n) is 31.5. The van der Waals surface area contributed by atoms with Crippen LogP contribution < -0.4 is 43.4 Å². The Labute approximate surface area is 319 Å². The molecule has 1 aliphatic rings. The van der Waals surface area contributed by atoms with Crippen molar-refractivity contribution in [3.63, 3.8) is 0 Å². The maximum absolute atomic E-state index is 14.1. The molecule has 17 nitrogen and oxygen atoms in total. The number of rotatable bonds is 11. The fraction of sp³-hybridized carbons (Fsp3) is 0.583. The Morgan fingerprint density at radius 3 is 1.78 bits per heavy atom. The monoisotopic (exact) mass is 775 g/mol. The third-order valence-corrected chi connectivity index (χ3v) is 9.37. The Morgan fingerprint density at radius 1 is 0.741 bits per heavy atom. The van der Waals surface area contributed by atoms with Gasteiger partial charge in [-0.15, -0.1) is 0 Å². The minimum Gasteiger partial charge on any atom is -0.381 e. The van der Waals surface area contributed by atoms with E-state index in [-0.39, 0.29) is 38.1 Å². The minimum absolute atomic E-state index is 0.0232. The first-order valence-corrected chi connectivity index (χ1v) is 18.5. The zero-order valence-corrected chi connectivity index (χ0v) is 32.2. The quantitative estimate of drug-likeness (QED) is 0.137. The number of amides is 7. The highest BCUT2D eigenvalue weighted by atomic mass is 35.5. The third-order valence-electron chi connectivity index (χ3n) is 9.14. The molecule has 1 fully saturated rings. The Balaban J connectivity index is 2.17. The van der Waals surface area contributed by atoms with Crippen LogP contribution in [-0.2, 0) is 40.0 Å². The number of nitrogens with one attached hydrogen (secondary N) is 7. The molecular formula is C36H54ClN9O8. The zero-order chi connectivity index (χ0) is 40.4. The number of hydrogen-bond acceptors (Lipinski definition) is 9. The predicted molar refractivity (Wildman–Crippen MR) is 201 cm³/mol. The summed E-state index contributed by atoms with van der Waals surface area (Å²) in [6.07, 6.45) is -0.429. The largest absolute Gasteiger partial charge is 0.381 e. The van der Waals surface area contributed by atoms with Gasteiger partial charge >= 0.3 is 0 Å². The van der Waals surface area contributed by atoms with Gasteiger partial charge in [0.15, 0.2) is 6.10 Å². The van der Waals surface area contributed by atoms with Crippen molar-refractivity contribution in [1.82, 2.24) is 36.9 Å². The van der Waals surface area contributed by atoms with Crippen LogP contribution in [0.15, 0.2) is 24.4 Å². The van der Waals surface area contributed by atoms with Gasteiger partial charge in [-0.25, -0.2) is 0 Å². The van der Waals surface area contributed by atoms with Gasteiger partial charge in [0.25, 0.3) is 0 Å². The molecule has 7 unspecified atom stereocenters. The summed E-state index contributed by atoms with van der Waals surface area (Å²) in [4.78, 5) is 98.5. The molecule has 18 heteroatoms. The van der Waals surface area contributed by atoms with Crippen molar-refractivity contribution in [2.24, 2.45) is 29.2 Å². The van der Waals surface area contributed by atoms with Crippen molar-refractivity contribution in [1.29, 1.82) is 0 Å². The van der Waals surface area contributed by atoms with Crippen LogP contribution in [-0.4, -0.2) is 100 Å². The normalized spacial score (nSPS) is 24.6. The van der Waals surface area contributed by atoms with E-state index in [2.05, 4.69) is 36.9 Å². The summed E-state index contributed by atoms with van der Waals surface area (Å²) in [6, 6.07) is -3.28. The fourth-order valence-electron chi connectivity index (χ4n) is 6.11. The van der Waals surface area contributed by atoms with Crippen LogP contribution >= 0.6 is 11.6 Å². The highest BCUT2D eigenvalue weighted by Gasteiger charge is 2.39. The highest BCUT2D eigenvalue weighted by molar-refractivity contribution is 6.31. The van der Waals surface area contributed by atoms with Gasteiger partial charge in [0, 0.05) is 28.5 Å². The van der Waals surface area contributed by atoms with E-state index in [0.29, 0.717) is 21.5 Å². The number of aliphatic hydroxyl groups is 1. The number of nitrogens with two attached hydrogens (primary N) is 2. The molecule has 0 aliphatic carbocycles. The van der Waals surface area contributed by atoms with Crippen molar-refractivity contribution >= 4 is 63.9 Å². The smallest absolute Gasteiger partial charge is 0.248 e. The number of carbonyl (C=O) groups is 7.